The van der Waals surface area contributed by atoms with Crippen LogP contribution >= 0.6 is 23.4 Å². The van der Waals surface area contributed by atoms with Gasteiger partial charge < -0.3 is 4.90 Å². The van der Waals surface area contributed by atoms with E-state index in [0.29, 0.717) is 16.4 Å². The zero-order valence-corrected chi connectivity index (χ0v) is 17.2. The summed E-state index contributed by atoms with van der Waals surface area (Å²) in [5.41, 5.74) is 0.676. The van der Waals surface area contributed by atoms with Crippen molar-refractivity contribution >= 4 is 43.9 Å². The number of carbonyl (C=O) groups is 1. The van der Waals surface area contributed by atoms with E-state index in [1.54, 1.807) is 38.4 Å². The number of nitrogens with zero attached hydrogens (tertiary/aromatic N) is 4. The first-order chi connectivity index (χ1) is 12.2. The maximum Gasteiger partial charge on any atom is 0.346 e. The van der Waals surface area contributed by atoms with Crippen LogP contribution in [0.5, 0.6) is 0 Å². The molecule has 1 amide bonds. The van der Waals surface area contributed by atoms with Crippen molar-refractivity contribution in [1.82, 2.24) is 19.7 Å². The summed E-state index contributed by atoms with van der Waals surface area (Å²) >= 11 is 7.03. The van der Waals surface area contributed by atoms with Gasteiger partial charge in [-0.25, -0.2) is 9.78 Å². The third-order valence-corrected chi connectivity index (χ3v) is 5.72. The number of hydrogen-bond acceptors (Lipinski definition) is 6. The van der Waals surface area contributed by atoms with E-state index < -0.39 is 16.3 Å². The third-order valence-electron chi connectivity index (χ3n) is 3.36. The minimum absolute atomic E-state index is 0.00432. The van der Waals surface area contributed by atoms with Crippen LogP contribution in [0, 0.1) is 0 Å². The predicted octanol–water partition coefficient (Wildman–Crippen LogP) is 2.93. The largest absolute Gasteiger partial charge is 0.346 e. The summed E-state index contributed by atoms with van der Waals surface area (Å²) in [6.45, 7) is 3.79. The molecule has 1 aromatic heterocycles. The van der Waals surface area contributed by atoms with Crippen molar-refractivity contribution in [3.63, 3.8) is 0 Å². The molecule has 2 rings (SSSR count). The quantitative estimate of drug-likeness (QED) is 0.564. The molecule has 0 saturated carbocycles. The van der Waals surface area contributed by atoms with E-state index >= 15 is 0 Å². The van der Waals surface area contributed by atoms with Gasteiger partial charge in [0.2, 0.25) is 15.4 Å². The Hall–Kier alpha value is -1.84. The zero-order valence-electron chi connectivity index (χ0n) is 14.8. The van der Waals surface area contributed by atoms with Gasteiger partial charge in [0.1, 0.15) is 4.20 Å². The Labute approximate surface area is 162 Å². The number of rotatable bonds is 4. The number of aromatic nitrogens is 3. The summed E-state index contributed by atoms with van der Waals surface area (Å²) in [5, 5.41) is 4.90. The summed E-state index contributed by atoms with van der Waals surface area (Å²) in [6, 6.07) is 6.60. The van der Waals surface area contributed by atoms with Gasteiger partial charge >= 0.3 is 6.03 Å². The summed E-state index contributed by atoms with van der Waals surface area (Å²) in [5.74, 6) is 0.465. The van der Waals surface area contributed by atoms with E-state index in [2.05, 4.69) is 10.1 Å². The van der Waals surface area contributed by atoms with Gasteiger partial charge in [0.15, 0.2) is 5.82 Å². The van der Waals surface area contributed by atoms with Gasteiger partial charge in [-0.1, -0.05) is 43.6 Å². The summed E-state index contributed by atoms with van der Waals surface area (Å²) in [7, 11) is 0.701. The fraction of sp³-hybridized carbons (Fsp3) is 0.375. The van der Waals surface area contributed by atoms with Crippen molar-refractivity contribution in [3.05, 3.63) is 40.7 Å². The lowest BCUT2D eigenvalue weighted by Crippen LogP contribution is -2.29. The second-order valence-corrected chi connectivity index (χ2v) is 8.66. The normalized spacial score (nSPS) is 10.8. The summed E-state index contributed by atoms with van der Waals surface area (Å²) in [6.07, 6.45) is 0.112. The maximum absolute atomic E-state index is 12.4. The number of halogens is 1. The van der Waals surface area contributed by atoms with Crippen LogP contribution in [0.2, 0.25) is 5.02 Å². The highest BCUT2D eigenvalue weighted by Crippen LogP contribution is 2.24. The molecule has 0 saturated heterocycles. The van der Waals surface area contributed by atoms with Crippen LogP contribution in [-0.4, -0.2) is 52.4 Å². The average Bonchev–Trinajstić information content (AvgIpc) is 2.99. The zero-order chi connectivity index (χ0) is 19.4. The fourth-order valence-corrected chi connectivity index (χ4v) is 3.71. The van der Waals surface area contributed by atoms with Crippen molar-refractivity contribution < 1.29 is 13.2 Å². The van der Waals surface area contributed by atoms with Crippen molar-refractivity contribution in [3.8, 4) is 0 Å². The van der Waals surface area contributed by atoms with E-state index in [9.17, 15) is 13.2 Å². The highest BCUT2D eigenvalue weighted by molar-refractivity contribution is 8.21. The van der Waals surface area contributed by atoms with E-state index in [4.69, 9.17) is 11.6 Å². The van der Waals surface area contributed by atoms with Crippen molar-refractivity contribution in [2.24, 2.45) is 0 Å². The lowest BCUT2D eigenvalue weighted by atomic mass is 10.2. The van der Waals surface area contributed by atoms with Crippen LogP contribution in [0.15, 0.2) is 29.4 Å². The molecule has 0 radical (unpaired) electrons. The lowest BCUT2D eigenvalue weighted by molar-refractivity contribution is 0.213. The van der Waals surface area contributed by atoms with Crippen molar-refractivity contribution in [2.75, 3.05) is 14.1 Å². The van der Waals surface area contributed by atoms with Gasteiger partial charge in [-0.3, -0.25) is 0 Å². The average molecular weight is 415 g/mol. The van der Waals surface area contributed by atoms with Gasteiger partial charge in [0.05, 0.1) is 0 Å². The molecule has 0 aliphatic carbocycles. The molecule has 1 aromatic carbocycles. The van der Waals surface area contributed by atoms with E-state index in [-0.39, 0.29) is 21.7 Å². The maximum atomic E-state index is 12.4. The Morgan fingerprint density at radius 3 is 2.50 bits per heavy atom. The first-order valence-electron chi connectivity index (χ1n) is 7.75. The first kappa shape index (κ1) is 20.5. The van der Waals surface area contributed by atoms with Gasteiger partial charge in [-0.05, 0) is 23.4 Å². The van der Waals surface area contributed by atoms with E-state index in [1.165, 1.54) is 4.90 Å². The lowest BCUT2D eigenvalue weighted by Gasteiger charge is -2.11. The minimum atomic E-state index is -2.48. The molecule has 2 aromatic rings. The SMILES string of the molecule is CC(C)c1nc(SC(Cc2ccccc2Cl)=S(=O)=O)n(C(=O)N(C)C)n1. The summed E-state index contributed by atoms with van der Waals surface area (Å²) in [4.78, 5) is 18.0. The van der Waals surface area contributed by atoms with Crippen LogP contribution in [0.1, 0.15) is 31.2 Å². The van der Waals surface area contributed by atoms with E-state index in [1.807, 2.05) is 13.8 Å². The molecule has 0 fully saturated rings. The number of benzene rings is 1. The van der Waals surface area contributed by atoms with Gasteiger partial charge in [-0.15, -0.1) is 5.10 Å². The predicted molar refractivity (Wildman–Crippen MR) is 104 cm³/mol. The molecule has 0 atom stereocenters. The molecule has 0 spiro atoms. The van der Waals surface area contributed by atoms with Gasteiger partial charge in [0, 0.05) is 31.5 Å². The number of thioether (sulfide) groups is 1. The fourth-order valence-electron chi connectivity index (χ4n) is 1.97. The molecule has 0 unspecified atom stereocenters. The Morgan fingerprint density at radius 2 is 1.96 bits per heavy atom. The molecule has 140 valence electrons. The van der Waals surface area contributed by atoms with Gasteiger partial charge in [-0.2, -0.15) is 13.1 Å². The number of carbonyl (C=O) groups excluding carboxylic acids is 1. The van der Waals surface area contributed by atoms with Gasteiger partial charge in [0.25, 0.3) is 0 Å². The molecule has 26 heavy (non-hydrogen) atoms. The molecular formula is C16H19ClN4O3S2. The molecular weight excluding hydrogens is 396 g/mol. The molecule has 0 aliphatic heterocycles. The minimum Gasteiger partial charge on any atom is -0.329 e. The molecule has 0 N–H and O–H groups in total. The summed E-state index contributed by atoms with van der Waals surface area (Å²) < 4.78 is 24.7. The Morgan fingerprint density at radius 1 is 1.31 bits per heavy atom. The van der Waals surface area contributed by atoms with Crippen LogP contribution in [-0.2, 0) is 16.7 Å². The smallest absolute Gasteiger partial charge is 0.329 e. The Kier molecular flexibility index (Phi) is 6.85. The molecule has 0 aliphatic rings. The number of hydrogen-bond donors (Lipinski definition) is 0. The topological polar surface area (TPSA) is 85.2 Å². The third kappa shape index (κ3) is 4.87. The van der Waals surface area contributed by atoms with Crippen LogP contribution in [0.3, 0.4) is 0 Å². The Balaban J connectivity index is 2.42. The molecule has 0 bridgehead atoms. The van der Waals surface area contributed by atoms with Crippen molar-refractivity contribution in [1.29, 1.82) is 0 Å². The van der Waals surface area contributed by atoms with Crippen LogP contribution in [0.4, 0.5) is 4.79 Å². The Bertz CT molecular complexity index is 944. The monoisotopic (exact) mass is 414 g/mol. The second kappa shape index (κ2) is 8.70. The molecule has 1 heterocycles. The standard InChI is InChI=1S/C16H19ClN4O3S2/c1-10(2)14-18-15(21(19-14)16(22)20(3)4)25-13(26(23)24)9-11-7-5-6-8-12(11)17/h5-8,10H,9H2,1-4H3. The van der Waals surface area contributed by atoms with Crippen LogP contribution < -0.4 is 0 Å². The van der Waals surface area contributed by atoms with Crippen molar-refractivity contribution in [2.45, 2.75) is 31.3 Å². The molecule has 10 heteroatoms. The molecule has 7 nitrogen and oxygen atoms in total. The van der Waals surface area contributed by atoms with E-state index in [0.717, 1.165) is 16.4 Å². The first-order valence-corrected chi connectivity index (χ1v) is 10.0. The highest BCUT2D eigenvalue weighted by Gasteiger charge is 2.22. The highest BCUT2D eigenvalue weighted by atomic mass is 35.5. The van der Waals surface area contributed by atoms with Crippen LogP contribution in [0.25, 0.3) is 0 Å². The number of amides is 1. The second-order valence-electron chi connectivity index (χ2n) is 5.97.